The van der Waals surface area contributed by atoms with E-state index in [1.165, 1.54) is 21.9 Å². The van der Waals surface area contributed by atoms with E-state index in [1.807, 2.05) is 12.3 Å². The van der Waals surface area contributed by atoms with Gasteiger partial charge < -0.3 is 4.90 Å². The minimum Gasteiger partial charge on any atom is -0.367 e. The quantitative estimate of drug-likeness (QED) is 0.822. The lowest BCUT2D eigenvalue weighted by atomic mass is 10.3. The summed E-state index contributed by atoms with van der Waals surface area (Å²) >= 11 is 7.36. The monoisotopic (exact) mass is 252 g/mol. The van der Waals surface area contributed by atoms with E-state index >= 15 is 0 Å². The zero-order valence-corrected chi connectivity index (χ0v) is 10.6. The Kier molecular flexibility index (Phi) is 3.80. The molecule has 2 nitrogen and oxygen atoms in total. The molecule has 0 saturated carbocycles. The summed E-state index contributed by atoms with van der Waals surface area (Å²) in [4.78, 5) is 7.54. The Bertz CT molecular complexity index is 441. The predicted molar refractivity (Wildman–Crippen MR) is 70.3 cm³/mol. The van der Waals surface area contributed by atoms with Crippen molar-refractivity contribution >= 4 is 28.6 Å². The summed E-state index contributed by atoms with van der Waals surface area (Å²) in [5, 5.41) is 0. The summed E-state index contributed by atoms with van der Waals surface area (Å²) in [6, 6.07) is 10.4. The van der Waals surface area contributed by atoms with Crippen LogP contribution in [0.1, 0.15) is 11.8 Å². The van der Waals surface area contributed by atoms with E-state index in [-0.39, 0.29) is 0 Å². The molecule has 0 aliphatic heterocycles. The highest BCUT2D eigenvalue weighted by molar-refractivity contribution is 7.15. The van der Waals surface area contributed by atoms with Crippen molar-refractivity contribution < 1.29 is 0 Å². The Morgan fingerprint density at radius 1 is 1.31 bits per heavy atom. The van der Waals surface area contributed by atoms with Gasteiger partial charge in [0.05, 0.1) is 6.54 Å². The molecule has 0 radical (unpaired) electrons. The molecule has 0 atom stereocenters. The van der Waals surface area contributed by atoms with E-state index in [4.69, 9.17) is 11.6 Å². The van der Waals surface area contributed by atoms with Gasteiger partial charge in [-0.1, -0.05) is 29.8 Å². The molecule has 1 heterocycles. The number of nitrogens with zero attached hydrogens (tertiary/aromatic N) is 2. The van der Waals surface area contributed by atoms with Gasteiger partial charge in [0.25, 0.3) is 0 Å². The Labute approximate surface area is 105 Å². The first-order valence-corrected chi connectivity index (χ1v) is 6.39. The molecule has 0 N–H and O–H groups in total. The van der Waals surface area contributed by atoms with Crippen molar-refractivity contribution in [1.29, 1.82) is 0 Å². The highest BCUT2D eigenvalue weighted by Crippen LogP contribution is 2.22. The zero-order chi connectivity index (χ0) is 11.4. The normalized spacial score (nSPS) is 10.4. The van der Waals surface area contributed by atoms with Crippen molar-refractivity contribution in [2.45, 2.75) is 13.5 Å². The molecule has 0 spiro atoms. The molecule has 2 aromatic rings. The van der Waals surface area contributed by atoms with Crippen LogP contribution in [-0.4, -0.2) is 11.5 Å². The fourth-order valence-corrected chi connectivity index (χ4v) is 2.56. The summed E-state index contributed by atoms with van der Waals surface area (Å²) < 4.78 is 0.610. The Morgan fingerprint density at radius 3 is 2.62 bits per heavy atom. The maximum atomic E-state index is 5.82. The van der Waals surface area contributed by atoms with Crippen LogP contribution in [0.4, 0.5) is 5.69 Å². The van der Waals surface area contributed by atoms with Gasteiger partial charge in [-0.25, -0.2) is 4.98 Å². The molecule has 0 aliphatic rings. The third-order valence-corrected chi connectivity index (χ3v) is 3.47. The summed E-state index contributed by atoms with van der Waals surface area (Å²) in [6.45, 7) is 3.99. The van der Waals surface area contributed by atoms with Gasteiger partial charge in [0.2, 0.25) is 0 Å². The lowest BCUT2D eigenvalue weighted by Gasteiger charge is -2.21. The van der Waals surface area contributed by atoms with Crippen LogP contribution in [-0.2, 0) is 6.54 Å². The molecule has 0 aliphatic carbocycles. The fraction of sp³-hybridized carbons (Fsp3) is 0.250. The van der Waals surface area contributed by atoms with E-state index in [2.05, 4.69) is 41.1 Å². The van der Waals surface area contributed by atoms with Crippen LogP contribution in [0.25, 0.3) is 0 Å². The van der Waals surface area contributed by atoms with Gasteiger partial charge in [-0.2, -0.15) is 0 Å². The number of hydrogen-bond donors (Lipinski definition) is 0. The highest BCUT2D eigenvalue weighted by Gasteiger charge is 2.06. The number of para-hydroxylation sites is 1. The van der Waals surface area contributed by atoms with E-state index in [9.17, 15) is 0 Å². The number of halogens is 1. The van der Waals surface area contributed by atoms with Crippen molar-refractivity contribution in [3.05, 3.63) is 45.9 Å². The van der Waals surface area contributed by atoms with Crippen LogP contribution < -0.4 is 4.90 Å². The smallest absolute Gasteiger partial charge is 0.183 e. The lowest BCUT2D eigenvalue weighted by Crippen LogP contribution is -2.21. The van der Waals surface area contributed by atoms with E-state index in [1.54, 1.807) is 0 Å². The molecule has 0 fully saturated rings. The molecule has 0 unspecified atom stereocenters. The van der Waals surface area contributed by atoms with Crippen molar-refractivity contribution in [3.8, 4) is 0 Å². The van der Waals surface area contributed by atoms with Gasteiger partial charge >= 0.3 is 0 Å². The highest BCUT2D eigenvalue weighted by atomic mass is 35.5. The van der Waals surface area contributed by atoms with E-state index in [0.29, 0.717) is 4.47 Å². The minimum atomic E-state index is 0.610. The maximum Gasteiger partial charge on any atom is 0.183 e. The number of thiazole rings is 1. The number of rotatable bonds is 4. The molecule has 4 heteroatoms. The van der Waals surface area contributed by atoms with Gasteiger partial charge in [-0.15, -0.1) is 11.3 Å². The average Bonchev–Trinajstić information content (AvgIpc) is 2.73. The fourth-order valence-electron chi connectivity index (χ4n) is 1.57. The van der Waals surface area contributed by atoms with Gasteiger partial charge in [-0.3, -0.25) is 0 Å². The van der Waals surface area contributed by atoms with Crippen molar-refractivity contribution in [3.63, 3.8) is 0 Å². The molecule has 0 saturated heterocycles. The van der Waals surface area contributed by atoms with Crippen molar-refractivity contribution in [2.75, 3.05) is 11.4 Å². The summed E-state index contributed by atoms with van der Waals surface area (Å²) in [5.41, 5.74) is 1.23. The first kappa shape index (κ1) is 11.4. The first-order valence-electron chi connectivity index (χ1n) is 5.20. The minimum absolute atomic E-state index is 0.610. The van der Waals surface area contributed by atoms with E-state index in [0.717, 1.165) is 13.1 Å². The van der Waals surface area contributed by atoms with Crippen LogP contribution in [0.15, 0.2) is 36.5 Å². The number of benzene rings is 1. The summed E-state index contributed by atoms with van der Waals surface area (Å²) in [5.74, 6) is 0. The second kappa shape index (κ2) is 5.32. The van der Waals surface area contributed by atoms with E-state index < -0.39 is 0 Å². The largest absolute Gasteiger partial charge is 0.367 e. The molecule has 2 rings (SSSR count). The second-order valence-electron chi connectivity index (χ2n) is 3.43. The Morgan fingerprint density at radius 2 is 2.06 bits per heavy atom. The Balaban J connectivity index is 2.12. The standard InChI is InChI=1S/C12H13ClN2S/c1-2-15(10-6-4-3-5-7-10)9-11-8-14-12(13)16-11/h3-8H,2,9H2,1H3. The van der Waals surface area contributed by atoms with Gasteiger partial charge in [-0.05, 0) is 19.1 Å². The lowest BCUT2D eigenvalue weighted by molar-refractivity contribution is 0.841. The first-order chi connectivity index (χ1) is 7.79. The molecule has 84 valence electrons. The molecule has 0 amide bonds. The van der Waals surface area contributed by atoms with Crippen LogP contribution in [0.5, 0.6) is 0 Å². The molecule has 16 heavy (non-hydrogen) atoms. The van der Waals surface area contributed by atoms with Gasteiger partial charge in [0, 0.05) is 23.3 Å². The number of anilines is 1. The zero-order valence-electron chi connectivity index (χ0n) is 9.06. The molecule has 1 aromatic heterocycles. The summed E-state index contributed by atoms with van der Waals surface area (Å²) in [6.07, 6.45) is 1.85. The van der Waals surface area contributed by atoms with Crippen LogP contribution in [0.2, 0.25) is 4.47 Å². The number of hydrogen-bond acceptors (Lipinski definition) is 3. The van der Waals surface area contributed by atoms with Gasteiger partial charge in [0.1, 0.15) is 0 Å². The van der Waals surface area contributed by atoms with Crippen molar-refractivity contribution in [2.24, 2.45) is 0 Å². The van der Waals surface area contributed by atoms with Crippen LogP contribution in [0.3, 0.4) is 0 Å². The maximum absolute atomic E-state index is 5.82. The second-order valence-corrected chi connectivity index (χ2v) is 5.13. The molecule has 1 aromatic carbocycles. The third kappa shape index (κ3) is 2.74. The van der Waals surface area contributed by atoms with Crippen LogP contribution in [0, 0.1) is 0 Å². The van der Waals surface area contributed by atoms with Gasteiger partial charge in [0.15, 0.2) is 4.47 Å². The molecule has 0 bridgehead atoms. The summed E-state index contributed by atoms with van der Waals surface area (Å²) in [7, 11) is 0. The average molecular weight is 253 g/mol. The molecular formula is C12H13ClN2S. The predicted octanol–water partition coefficient (Wildman–Crippen LogP) is 3.82. The number of aromatic nitrogens is 1. The SMILES string of the molecule is CCN(Cc1cnc(Cl)s1)c1ccccc1. The molecular weight excluding hydrogens is 240 g/mol. The van der Waals surface area contributed by atoms with Crippen molar-refractivity contribution in [1.82, 2.24) is 4.98 Å². The van der Waals surface area contributed by atoms with Crippen LogP contribution >= 0.6 is 22.9 Å². The topological polar surface area (TPSA) is 16.1 Å². The third-order valence-electron chi connectivity index (χ3n) is 2.38. The Hall–Kier alpha value is -1.06.